The predicted octanol–water partition coefficient (Wildman–Crippen LogP) is 3.80. The minimum atomic E-state index is -3.91. The second kappa shape index (κ2) is 9.55. The van der Waals surface area contributed by atoms with Gasteiger partial charge in [-0.2, -0.15) is 5.10 Å². The number of benzene rings is 2. The number of H-pyrrole nitrogens is 1. The molecule has 0 saturated carbocycles. The van der Waals surface area contributed by atoms with Crippen LogP contribution >= 0.6 is 0 Å². The van der Waals surface area contributed by atoms with Crippen LogP contribution in [0.25, 0.3) is 11.3 Å². The fourth-order valence-corrected chi connectivity index (χ4v) is 4.39. The number of nitrogens with one attached hydrogen (secondary N) is 3. The maximum absolute atomic E-state index is 12.7. The zero-order chi connectivity index (χ0) is 25.2. The van der Waals surface area contributed by atoms with Gasteiger partial charge in [-0.3, -0.25) is 9.89 Å². The Balaban J connectivity index is 1.47. The number of anilines is 2. The number of phenolic OH excluding ortho intramolecular Hbond substituents is 1. The minimum Gasteiger partial charge on any atom is -0.507 e. The smallest absolute Gasteiger partial charge is 0.273 e. The Kier molecular flexibility index (Phi) is 6.52. The third kappa shape index (κ3) is 5.46. The molecule has 35 heavy (non-hydrogen) atoms. The van der Waals surface area contributed by atoms with E-state index in [0.29, 0.717) is 28.3 Å². The molecule has 2 aromatic carbocycles. The molecule has 4 rings (SSSR count). The Morgan fingerprint density at radius 1 is 1.00 bits per heavy atom. The normalized spacial score (nSPS) is 11.3. The molecule has 2 heterocycles. The number of rotatable bonds is 7. The fraction of sp³-hybridized carbons (Fsp3) is 0.167. The summed E-state index contributed by atoms with van der Waals surface area (Å²) in [6, 6.07) is 14.2. The van der Waals surface area contributed by atoms with Crippen molar-refractivity contribution in [1.82, 2.24) is 20.2 Å². The van der Waals surface area contributed by atoms with Crippen LogP contribution in [0.5, 0.6) is 5.75 Å². The summed E-state index contributed by atoms with van der Waals surface area (Å²) in [6.45, 7) is 5.50. The van der Waals surface area contributed by atoms with Crippen molar-refractivity contribution in [2.45, 2.75) is 32.1 Å². The Morgan fingerprint density at radius 3 is 2.34 bits per heavy atom. The number of hydrogen-bond acceptors (Lipinski definition) is 7. The predicted molar refractivity (Wildman–Crippen MR) is 132 cm³/mol. The van der Waals surface area contributed by atoms with E-state index in [9.17, 15) is 18.3 Å². The van der Waals surface area contributed by atoms with Crippen LogP contribution in [0.15, 0.2) is 59.5 Å². The molecule has 0 aliphatic rings. The van der Waals surface area contributed by atoms with Crippen molar-refractivity contribution >= 4 is 27.6 Å². The first-order chi connectivity index (χ1) is 16.6. The number of aryl methyl sites for hydroxylation is 3. The first kappa shape index (κ1) is 23.9. The van der Waals surface area contributed by atoms with Crippen molar-refractivity contribution in [2.24, 2.45) is 0 Å². The first-order valence-corrected chi connectivity index (χ1v) is 12.3. The van der Waals surface area contributed by atoms with Gasteiger partial charge in [0.2, 0.25) is 5.95 Å². The summed E-state index contributed by atoms with van der Waals surface area (Å²) >= 11 is 0. The summed E-state index contributed by atoms with van der Waals surface area (Å²) < 4.78 is 27.7. The highest BCUT2D eigenvalue weighted by atomic mass is 32.2. The highest BCUT2D eigenvalue weighted by Crippen LogP contribution is 2.29. The van der Waals surface area contributed by atoms with Gasteiger partial charge in [0.05, 0.1) is 10.6 Å². The van der Waals surface area contributed by atoms with Crippen molar-refractivity contribution in [1.29, 1.82) is 0 Å². The Hall–Kier alpha value is -4.25. The van der Waals surface area contributed by atoms with Crippen LogP contribution in [-0.2, 0) is 16.4 Å². The molecule has 4 aromatic rings. The van der Waals surface area contributed by atoms with Gasteiger partial charge in [-0.05, 0) is 74.4 Å². The van der Waals surface area contributed by atoms with Gasteiger partial charge in [-0.1, -0.05) is 13.0 Å². The van der Waals surface area contributed by atoms with Gasteiger partial charge in [0.25, 0.3) is 15.9 Å². The molecule has 0 fully saturated rings. The van der Waals surface area contributed by atoms with Crippen molar-refractivity contribution in [3.8, 4) is 17.0 Å². The molecule has 4 N–H and O–H groups in total. The minimum absolute atomic E-state index is 0.00614. The molecule has 0 unspecified atom stereocenters. The third-order valence-corrected chi connectivity index (χ3v) is 6.54. The lowest BCUT2D eigenvalue weighted by atomic mass is 10.1. The number of amides is 1. The molecule has 0 atom stereocenters. The van der Waals surface area contributed by atoms with Gasteiger partial charge < -0.3 is 10.4 Å². The van der Waals surface area contributed by atoms with Gasteiger partial charge >= 0.3 is 0 Å². The Bertz CT molecular complexity index is 1480. The number of carbonyl (C=O) groups is 1. The second-order valence-electron chi connectivity index (χ2n) is 7.93. The van der Waals surface area contributed by atoms with Gasteiger partial charge in [0.15, 0.2) is 0 Å². The molecule has 0 bridgehead atoms. The molecule has 0 saturated heterocycles. The topological polar surface area (TPSA) is 150 Å². The van der Waals surface area contributed by atoms with E-state index < -0.39 is 15.9 Å². The number of aromatic amines is 1. The van der Waals surface area contributed by atoms with E-state index in [1.165, 1.54) is 30.3 Å². The molecule has 0 radical (unpaired) electrons. The Morgan fingerprint density at radius 2 is 1.69 bits per heavy atom. The lowest BCUT2D eigenvalue weighted by molar-refractivity contribution is 0.102. The monoisotopic (exact) mass is 492 g/mol. The first-order valence-electron chi connectivity index (χ1n) is 10.8. The van der Waals surface area contributed by atoms with Crippen molar-refractivity contribution in [3.63, 3.8) is 0 Å². The molecule has 10 nitrogen and oxygen atoms in total. The number of hydrogen-bond donors (Lipinski definition) is 4. The van der Waals surface area contributed by atoms with E-state index in [2.05, 4.69) is 30.2 Å². The van der Waals surface area contributed by atoms with Crippen molar-refractivity contribution in [2.75, 3.05) is 10.0 Å². The molecular formula is C24H24N6O4S. The highest BCUT2D eigenvalue weighted by molar-refractivity contribution is 7.92. The van der Waals surface area contributed by atoms with Gasteiger partial charge in [0, 0.05) is 22.6 Å². The molecule has 180 valence electrons. The number of phenols is 1. The SMILES string of the molecule is CCc1ccc(O)c(-c2cc(C(=O)Nc3ccc(S(=O)(=O)Nc4nc(C)cc(C)n4)cc3)[nH]n2)c1. The van der Waals surface area contributed by atoms with Crippen LogP contribution in [0.1, 0.15) is 34.4 Å². The lowest BCUT2D eigenvalue weighted by Crippen LogP contribution is -2.16. The van der Waals surface area contributed by atoms with Gasteiger partial charge in [0.1, 0.15) is 11.4 Å². The number of aromatic hydroxyl groups is 1. The van der Waals surface area contributed by atoms with E-state index in [1.54, 1.807) is 26.0 Å². The molecule has 1 amide bonds. The average Bonchev–Trinajstić information content (AvgIpc) is 3.29. The summed E-state index contributed by atoms with van der Waals surface area (Å²) in [6.07, 6.45) is 0.796. The van der Waals surface area contributed by atoms with Crippen LogP contribution in [0.3, 0.4) is 0 Å². The van der Waals surface area contributed by atoms with E-state index in [4.69, 9.17) is 0 Å². The number of nitrogens with zero attached hydrogens (tertiary/aromatic N) is 3. The standard InChI is InChI=1S/C24H24N6O4S/c1-4-16-5-10-22(31)19(12-16)20-13-21(29-28-20)23(32)27-17-6-8-18(9-7-17)35(33,34)30-24-25-14(2)11-15(3)26-24/h5-13,31H,4H2,1-3H3,(H,27,32)(H,28,29)(H,25,26,30). The Labute approximate surface area is 202 Å². The summed E-state index contributed by atoms with van der Waals surface area (Å²) in [5, 5.41) is 19.7. The molecule has 0 spiro atoms. The summed E-state index contributed by atoms with van der Waals surface area (Å²) in [7, 11) is -3.91. The van der Waals surface area contributed by atoms with Gasteiger partial charge in [-0.15, -0.1) is 0 Å². The number of carbonyl (C=O) groups excluding carboxylic acids is 1. The van der Waals surface area contributed by atoms with Crippen LogP contribution in [-0.4, -0.2) is 39.6 Å². The summed E-state index contributed by atoms with van der Waals surface area (Å²) in [5.41, 5.74) is 3.85. The molecular weight excluding hydrogens is 468 g/mol. The fourth-order valence-electron chi connectivity index (χ4n) is 3.45. The van der Waals surface area contributed by atoms with E-state index in [-0.39, 0.29) is 22.3 Å². The maximum atomic E-state index is 12.7. The van der Waals surface area contributed by atoms with Crippen LogP contribution in [0.2, 0.25) is 0 Å². The summed E-state index contributed by atoms with van der Waals surface area (Å²) in [4.78, 5) is 20.8. The highest BCUT2D eigenvalue weighted by Gasteiger charge is 2.18. The molecule has 0 aliphatic carbocycles. The van der Waals surface area contributed by atoms with Gasteiger partial charge in [-0.25, -0.2) is 23.1 Å². The average molecular weight is 493 g/mol. The number of aromatic nitrogens is 4. The molecule has 0 aliphatic heterocycles. The van der Waals surface area contributed by atoms with Crippen LogP contribution in [0.4, 0.5) is 11.6 Å². The van der Waals surface area contributed by atoms with E-state index >= 15 is 0 Å². The second-order valence-corrected chi connectivity index (χ2v) is 9.61. The van der Waals surface area contributed by atoms with Crippen LogP contribution < -0.4 is 10.0 Å². The van der Waals surface area contributed by atoms with Crippen molar-refractivity contribution < 1.29 is 18.3 Å². The lowest BCUT2D eigenvalue weighted by Gasteiger charge is -2.09. The zero-order valence-electron chi connectivity index (χ0n) is 19.3. The quantitative estimate of drug-likeness (QED) is 0.306. The zero-order valence-corrected chi connectivity index (χ0v) is 20.1. The molecule has 11 heteroatoms. The number of sulfonamides is 1. The largest absolute Gasteiger partial charge is 0.507 e. The van der Waals surface area contributed by atoms with Crippen molar-refractivity contribution in [3.05, 3.63) is 77.2 Å². The molecule has 2 aromatic heterocycles. The van der Waals surface area contributed by atoms with Crippen LogP contribution in [0, 0.1) is 13.8 Å². The third-order valence-electron chi connectivity index (χ3n) is 5.20. The van der Waals surface area contributed by atoms with E-state index in [1.807, 2.05) is 19.1 Å². The van der Waals surface area contributed by atoms with E-state index in [0.717, 1.165) is 12.0 Å². The maximum Gasteiger partial charge on any atom is 0.273 e. The summed E-state index contributed by atoms with van der Waals surface area (Å²) in [5.74, 6) is -0.407.